The first-order valence-corrected chi connectivity index (χ1v) is 10.1. The van der Waals surface area contributed by atoms with E-state index in [1.54, 1.807) is 0 Å². The third kappa shape index (κ3) is 3.44. The molecule has 0 radical (unpaired) electrons. The Balaban J connectivity index is 1.69. The van der Waals surface area contributed by atoms with Crippen molar-refractivity contribution in [3.63, 3.8) is 0 Å². The van der Waals surface area contributed by atoms with Crippen LogP contribution in [0.25, 0.3) is 0 Å². The van der Waals surface area contributed by atoms with E-state index in [4.69, 9.17) is 10.5 Å². The van der Waals surface area contributed by atoms with Crippen molar-refractivity contribution in [1.82, 2.24) is 4.90 Å². The summed E-state index contributed by atoms with van der Waals surface area (Å²) in [6.07, 6.45) is 9.19. The van der Waals surface area contributed by atoms with Gasteiger partial charge in [0.1, 0.15) is 0 Å². The lowest BCUT2D eigenvalue weighted by molar-refractivity contribution is -0.0996. The van der Waals surface area contributed by atoms with E-state index < -0.39 is 0 Å². The van der Waals surface area contributed by atoms with Crippen molar-refractivity contribution in [3.8, 4) is 0 Å². The Morgan fingerprint density at radius 2 is 2.14 bits per heavy atom. The Morgan fingerprint density at radius 3 is 2.86 bits per heavy atom. The van der Waals surface area contributed by atoms with Gasteiger partial charge in [0.15, 0.2) is 0 Å². The molecule has 21 heavy (non-hydrogen) atoms. The van der Waals surface area contributed by atoms with Gasteiger partial charge in [-0.25, -0.2) is 0 Å². The van der Waals surface area contributed by atoms with Gasteiger partial charge in [-0.05, 0) is 56.9 Å². The number of rotatable bonds is 4. The largest absolute Gasteiger partial charge is 0.374 e. The van der Waals surface area contributed by atoms with Gasteiger partial charge in [-0.2, -0.15) is 11.8 Å². The Morgan fingerprint density at radius 1 is 1.29 bits per heavy atom. The second-order valence-corrected chi connectivity index (χ2v) is 8.26. The van der Waals surface area contributed by atoms with Crippen LogP contribution in [0.15, 0.2) is 0 Å². The molecule has 1 spiro atoms. The van der Waals surface area contributed by atoms with Crippen molar-refractivity contribution >= 4 is 11.8 Å². The van der Waals surface area contributed by atoms with E-state index in [1.165, 1.54) is 63.0 Å². The van der Waals surface area contributed by atoms with Gasteiger partial charge in [0.2, 0.25) is 0 Å². The number of hydrogen-bond donors (Lipinski definition) is 1. The molecular formula is C17H32N2OS. The van der Waals surface area contributed by atoms with Crippen molar-refractivity contribution in [1.29, 1.82) is 0 Å². The molecule has 3 aliphatic rings. The molecule has 2 aliphatic heterocycles. The lowest BCUT2D eigenvalue weighted by Gasteiger charge is -2.48. The van der Waals surface area contributed by atoms with Gasteiger partial charge < -0.3 is 10.5 Å². The molecule has 0 aromatic carbocycles. The van der Waals surface area contributed by atoms with Crippen LogP contribution in [0, 0.1) is 5.92 Å². The molecule has 3 nitrogen and oxygen atoms in total. The van der Waals surface area contributed by atoms with Gasteiger partial charge in [0.25, 0.3) is 0 Å². The van der Waals surface area contributed by atoms with Crippen LogP contribution in [0.3, 0.4) is 0 Å². The SMILES string of the molecule is CCN(C1CCOC2(CCSC2)C1)C1CCCCC1CN. The zero-order valence-electron chi connectivity index (χ0n) is 13.6. The van der Waals surface area contributed by atoms with Crippen molar-refractivity contribution in [2.75, 3.05) is 31.2 Å². The maximum atomic E-state index is 6.22. The highest BCUT2D eigenvalue weighted by Gasteiger charge is 2.43. The maximum absolute atomic E-state index is 6.22. The highest BCUT2D eigenvalue weighted by Crippen LogP contribution is 2.41. The Labute approximate surface area is 134 Å². The van der Waals surface area contributed by atoms with Crippen molar-refractivity contribution in [3.05, 3.63) is 0 Å². The average Bonchev–Trinajstić information content (AvgIpc) is 2.96. The van der Waals surface area contributed by atoms with E-state index in [0.717, 1.165) is 31.2 Å². The van der Waals surface area contributed by atoms with E-state index in [0.29, 0.717) is 0 Å². The smallest absolute Gasteiger partial charge is 0.0795 e. The molecule has 1 aliphatic carbocycles. The Hall–Kier alpha value is 0.230. The van der Waals surface area contributed by atoms with E-state index in [1.807, 2.05) is 0 Å². The molecule has 2 heterocycles. The molecule has 0 aromatic heterocycles. The van der Waals surface area contributed by atoms with E-state index in [-0.39, 0.29) is 5.60 Å². The minimum atomic E-state index is 0.202. The highest BCUT2D eigenvalue weighted by molar-refractivity contribution is 7.99. The number of nitrogens with zero attached hydrogens (tertiary/aromatic N) is 1. The molecule has 0 bridgehead atoms. The summed E-state index contributed by atoms with van der Waals surface area (Å²) in [5, 5.41) is 0. The highest BCUT2D eigenvalue weighted by atomic mass is 32.2. The summed E-state index contributed by atoms with van der Waals surface area (Å²) in [6.45, 7) is 5.34. The zero-order valence-corrected chi connectivity index (χ0v) is 14.4. The van der Waals surface area contributed by atoms with Gasteiger partial charge >= 0.3 is 0 Å². The van der Waals surface area contributed by atoms with Gasteiger partial charge in [-0.1, -0.05) is 19.8 Å². The topological polar surface area (TPSA) is 38.5 Å². The first-order valence-electron chi connectivity index (χ1n) is 8.95. The van der Waals surface area contributed by atoms with Gasteiger partial charge in [-0.15, -0.1) is 0 Å². The monoisotopic (exact) mass is 312 g/mol. The molecule has 0 aromatic rings. The van der Waals surface area contributed by atoms with Crippen molar-refractivity contribution < 1.29 is 4.74 Å². The van der Waals surface area contributed by atoms with Crippen LogP contribution in [0.4, 0.5) is 0 Å². The third-order valence-corrected chi connectivity index (χ3v) is 7.19. The van der Waals surface area contributed by atoms with Gasteiger partial charge in [0.05, 0.1) is 5.60 Å². The number of nitrogens with two attached hydrogens (primary N) is 1. The first-order chi connectivity index (χ1) is 10.3. The summed E-state index contributed by atoms with van der Waals surface area (Å²) in [6, 6.07) is 1.45. The summed E-state index contributed by atoms with van der Waals surface area (Å²) in [4.78, 5) is 2.81. The molecule has 2 saturated heterocycles. The van der Waals surface area contributed by atoms with E-state index in [9.17, 15) is 0 Å². The van der Waals surface area contributed by atoms with Crippen LogP contribution in [0.2, 0.25) is 0 Å². The molecule has 1 saturated carbocycles. The minimum absolute atomic E-state index is 0.202. The van der Waals surface area contributed by atoms with Crippen LogP contribution in [0.5, 0.6) is 0 Å². The van der Waals surface area contributed by atoms with E-state index in [2.05, 4.69) is 23.6 Å². The fourth-order valence-corrected chi connectivity index (χ4v) is 6.19. The molecule has 4 heteroatoms. The predicted molar refractivity (Wildman–Crippen MR) is 90.8 cm³/mol. The summed E-state index contributed by atoms with van der Waals surface area (Å²) in [7, 11) is 0. The number of thioether (sulfide) groups is 1. The first kappa shape index (κ1) is 16.1. The fourth-order valence-electron chi connectivity index (χ4n) is 4.81. The lowest BCUT2D eigenvalue weighted by Crippen LogP contribution is -2.55. The quantitative estimate of drug-likeness (QED) is 0.866. The predicted octanol–water partition coefficient (Wildman–Crippen LogP) is 2.88. The average molecular weight is 313 g/mol. The fraction of sp³-hybridized carbons (Fsp3) is 1.00. The Bertz CT molecular complexity index is 333. The molecule has 3 fully saturated rings. The molecule has 0 amide bonds. The van der Waals surface area contributed by atoms with Crippen molar-refractivity contribution in [2.24, 2.45) is 11.7 Å². The molecule has 2 N–H and O–H groups in total. The summed E-state index contributed by atoms with van der Waals surface area (Å²) < 4.78 is 6.22. The van der Waals surface area contributed by atoms with Crippen LogP contribution >= 0.6 is 11.8 Å². The standard InChI is InChI=1S/C17H32N2OS/c1-2-19(16-6-4-3-5-14(16)12-18)15-7-9-20-17(11-15)8-10-21-13-17/h14-16H,2-13,18H2,1H3. The zero-order chi connectivity index (χ0) is 14.7. The van der Waals surface area contributed by atoms with Gasteiger partial charge in [-0.3, -0.25) is 4.90 Å². The molecular weight excluding hydrogens is 280 g/mol. The minimum Gasteiger partial charge on any atom is -0.374 e. The molecule has 122 valence electrons. The summed E-state index contributed by atoms with van der Waals surface area (Å²) in [5.74, 6) is 3.22. The number of hydrogen-bond acceptors (Lipinski definition) is 4. The van der Waals surface area contributed by atoms with E-state index >= 15 is 0 Å². The maximum Gasteiger partial charge on any atom is 0.0795 e. The summed E-state index contributed by atoms with van der Waals surface area (Å²) in [5.41, 5.74) is 6.28. The molecule has 3 rings (SSSR count). The molecule has 4 atom stereocenters. The van der Waals surface area contributed by atoms with Crippen LogP contribution < -0.4 is 5.73 Å². The summed E-state index contributed by atoms with van der Waals surface area (Å²) >= 11 is 2.08. The van der Waals surface area contributed by atoms with Crippen molar-refractivity contribution in [2.45, 2.75) is 69.6 Å². The van der Waals surface area contributed by atoms with Crippen LogP contribution in [0.1, 0.15) is 51.9 Å². The second kappa shape index (κ2) is 7.20. The molecule has 4 unspecified atom stereocenters. The van der Waals surface area contributed by atoms with Gasteiger partial charge in [0, 0.05) is 24.4 Å². The lowest BCUT2D eigenvalue weighted by atomic mass is 9.81. The second-order valence-electron chi connectivity index (χ2n) is 7.16. The van der Waals surface area contributed by atoms with Crippen LogP contribution in [-0.4, -0.2) is 53.8 Å². The third-order valence-electron chi connectivity index (χ3n) is 5.97. The Kier molecular flexibility index (Phi) is 5.52. The van der Waals surface area contributed by atoms with Crippen LogP contribution in [-0.2, 0) is 4.74 Å². The normalized spacial score (nSPS) is 41.0. The number of ether oxygens (including phenoxy) is 1.